The van der Waals surface area contributed by atoms with Crippen molar-refractivity contribution in [1.29, 1.82) is 0 Å². The van der Waals surface area contributed by atoms with Crippen molar-refractivity contribution in [3.63, 3.8) is 0 Å². The quantitative estimate of drug-likeness (QED) is 0.124. The van der Waals surface area contributed by atoms with Crippen LogP contribution in [0.4, 0.5) is 0 Å². The van der Waals surface area contributed by atoms with Gasteiger partial charge in [0.1, 0.15) is 0 Å². The molecule has 1 saturated heterocycles. The molecule has 0 aromatic carbocycles. The lowest BCUT2D eigenvalue weighted by molar-refractivity contribution is -0.141. The fourth-order valence-corrected chi connectivity index (χ4v) is 4.03. The zero-order chi connectivity index (χ0) is 33.1. The average molecular weight is 633 g/mol. The SMILES string of the molecule is O=C(O)CN1CCN(CC(=O)O)CC(=O)NCCNC(=O)CN(CC(=O)O)CCN(CC(=O)O)CC(=O)NCCNC(=O)C1. The van der Waals surface area contributed by atoms with Crippen molar-refractivity contribution in [3.8, 4) is 0 Å². The molecule has 1 fully saturated rings. The zero-order valence-corrected chi connectivity index (χ0v) is 24.2. The molecule has 4 amide bonds. The van der Waals surface area contributed by atoms with E-state index in [1.807, 2.05) is 0 Å². The molecule has 0 bridgehead atoms. The summed E-state index contributed by atoms with van der Waals surface area (Å²) in [6, 6.07) is 0. The highest BCUT2D eigenvalue weighted by atomic mass is 16.4. The van der Waals surface area contributed by atoms with Crippen LogP contribution in [0.15, 0.2) is 0 Å². The number of nitrogens with zero attached hydrogens (tertiary/aromatic N) is 4. The van der Waals surface area contributed by atoms with Crippen LogP contribution in [0, 0.1) is 0 Å². The summed E-state index contributed by atoms with van der Waals surface area (Å²) in [5.41, 5.74) is 0. The monoisotopic (exact) mass is 632 g/mol. The number of rotatable bonds is 8. The van der Waals surface area contributed by atoms with Gasteiger partial charge in [-0.15, -0.1) is 0 Å². The van der Waals surface area contributed by atoms with Gasteiger partial charge in [0.2, 0.25) is 23.6 Å². The summed E-state index contributed by atoms with van der Waals surface area (Å²) in [6.07, 6.45) is 0. The van der Waals surface area contributed by atoms with Crippen LogP contribution in [-0.2, 0) is 38.4 Å². The van der Waals surface area contributed by atoms with Crippen LogP contribution in [0.5, 0.6) is 0 Å². The van der Waals surface area contributed by atoms with Gasteiger partial charge in [-0.3, -0.25) is 58.0 Å². The summed E-state index contributed by atoms with van der Waals surface area (Å²) >= 11 is 0. The second-order valence-electron chi connectivity index (χ2n) is 9.82. The first-order chi connectivity index (χ1) is 20.7. The van der Waals surface area contributed by atoms with Gasteiger partial charge in [-0.1, -0.05) is 0 Å². The first-order valence-corrected chi connectivity index (χ1v) is 13.6. The predicted octanol–water partition coefficient (Wildman–Crippen LogP) is -5.99. The molecule has 44 heavy (non-hydrogen) atoms. The summed E-state index contributed by atoms with van der Waals surface area (Å²) < 4.78 is 0. The molecule has 8 N–H and O–H groups in total. The minimum atomic E-state index is -1.24. The molecule has 20 heteroatoms. The van der Waals surface area contributed by atoms with Crippen LogP contribution in [0.3, 0.4) is 0 Å². The maximum Gasteiger partial charge on any atom is 0.317 e. The molecule has 0 saturated carbocycles. The van der Waals surface area contributed by atoms with Gasteiger partial charge >= 0.3 is 23.9 Å². The summed E-state index contributed by atoms with van der Waals surface area (Å²) in [5, 5.41) is 46.9. The van der Waals surface area contributed by atoms with Crippen molar-refractivity contribution < 1.29 is 58.8 Å². The summed E-state index contributed by atoms with van der Waals surface area (Å²) in [4.78, 5) is 99.8. The van der Waals surface area contributed by atoms with E-state index >= 15 is 0 Å². The third-order valence-corrected chi connectivity index (χ3v) is 5.91. The number of carboxylic acid groups (broad SMARTS) is 4. The molecular weight excluding hydrogens is 592 g/mol. The van der Waals surface area contributed by atoms with Gasteiger partial charge in [-0.25, -0.2) is 0 Å². The number of nitrogens with one attached hydrogen (secondary N) is 4. The van der Waals surface area contributed by atoms with Crippen molar-refractivity contribution >= 4 is 47.5 Å². The predicted molar refractivity (Wildman–Crippen MR) is 148 cm³/mol. The lowest BCUT2D eigenvalue weighted by atomic mass is 10.3. The molecule has 248 valence electrons. The fourth-order valence-electron chi connectivity index (χ4n) is 4.03. The Morgan fingerprint density at radius 1 is 0.432 bits per heavy atom. The van der Waals surface area contributed by atoms with E-state index in [0.29, 0.717) is 0 Å². The van der Waals surface area contributed by atoms with Crippen molar-refractivity contribution in [2.24, 2.45) is 0 Å². The van der Waals surface area contributed by atoms with Gasteiger partial charge in [0, 0.05) is 52.4 Å². The van der Waals surface area contributed by atoms with E-state index in [1.165, 1.54) is 19.6 Å². The van der Waals surface area contributed by atoms with Crippen molar-refractivity contribution in [2.45, 2.75) is 0 Å². The molecule has 0 aromatic rings. The van der Waals surface area contributed by atoms with Gasteiger partial charge < -0.3 is 41.7 Å². The molecule has 0 aliphatic carbocycles. The van der Waals surface area contributed by atoms with Crippen LogP contribution in [0.1, 0.15) is 0 Å². The molecule has 0 aromatic heterocycles. The number of amides is 4. The molecule has 0 radical (unpaired) electrons. The summed E-state index contributed by atoms with van der Waals surface area (Å²) in [6.45, 7) is -4.10. The lowest BCUT2D eigenvalue weighted by Crippen LogP contribution is -2.49. The number of hydrogen-bond donors (Lipinski definition) is 8. The Balaban J connectivity index is 3.02. The van der Waals surface area contributed by atoms with Gasteiger partial charge in [0.15, 0.2) is 0 Å². The van der Waals surface area contributed by atoms with Gasteiger partial charge in [0.25, 0.3) is 0 Å². The van der Waals surface area contributed by atoms with E-state index in [0.717, 1.165) is 0 Å². The van der Waals surface area contributed by atoms with Crippen LogP contribution < -0.4 is 21.3 Å². The molecule has 1 heterocycles. The van der Waals surface area contributed by atoms with E-state index in [1.54, 1.807) is 0 Å². The first-order valence-electron chi connectivity index (χ1n) is 13.6. The molecule has 1 rings (SSSR count). The Morgan fingerprint density at radius 3 is 0.773 bits per heavy atom. The first kappa shape index (κ1) is 37.6. The Labute approximate surface area is 252 Å². The highest BCUT2D eigenvalue weighted by Gasteiger charge is 2.21. The number of aliphatic carboxylic acids is 4. The highest BCUT2D eigenvalue weighted by Crippen LogP contribution is 1.96. The summed E-state index contributed by atoms with van der Waals surface area (Å²) in [7, 11) is 0. The van der Waals surface area contributed by atoms with E-state index < -0.39 is 73.7 Å². The molecular formula is C24H40N8O12. The molecule has 0 unspecified atom stereocenters. The third kappa shape index (κ3) is 18.9. The highest BCUT2D eigenvalue weighted by molar-refractivity contribution is 5.81. The maximum absolute atomic E-state index is 12.4. The van der Waals surface area contributed by atoms with Crippen molar-refractivity contribution in [1.82, 2.24) is 40.9 Å². The molecule has 20 nitrogen and oxygen atoms in total. The Bertz CT molecular complexity index is 883. The number of hydrogen-bond acceptors (Lipinski definition) is 12. The van der Waals surface area contributed by atoms with E-state index in [-0.39, 0.29) is 78.5 Å². The third-order valence-electron chi connectivity index (χ3n) is 5.91. The lowest BCUT2D eigenvalue weighted by Gasteiger charge is -2.26. The second kappa shape index (κ2) is 20.5. The van der Waals surface area contributed by atoms with Gasteiger partial charge in [-0.2, -0.15) is 0 Å². The number of carboxylic acids is 4. The fraction of sp³-hybridized carbons (Fsp3) is 0.667. The maximum atomic E-state index is 12.4. The van der Waals surface area contributed by atoms with Crippen LogP contribution >= 0.6 is 0 Å². The Kier molecular flexibility index (Phi) is 17.5. The van der Waals surface area contributed by atoms with Crippen LogP contribution in [0.25, 0.3) is 0 Å². The molecule has 0 atom stereocenters. The summed E-state index contributed by atoms with van der Waals surface area (Å²) in [5.74, 6) is -7.26. The zero-order valence-electron chi connectivity index (χ0n) is 24.2. The minimum Gasteiger partial charge on any atom is -0.480 e. The Hall–Kier alpha value is -4.40. The Morgan fingerprint density at radius 2 is 0.614 bits per heavy atom. The average Bonchev–Trinajstić information content (AvgIpc) is 2.88. The van der Waals surface area contributed by atoms with Crippen LogP contribution in [0.2, 0.25) is 0 Å². The van der Waals surface area contributed by atoms with E-state index in [4.69, 9.17) is 0 Å². The van der Waals surface area contributed by atoms with Crippen molar-refractivity contribution in [3.05, 3.63) is 0 Å². The molecule has 0 spiro atoms. The van der Waals surface area contributed by atoms with E-state index in [9.17, 15) is 58.8 Å². The van der Waals surface area contributed by atoms with Crippen LogP contribution in [-0.4, -0.2) is 192 Å². The second-order valence-corrected chi connectivity index (χ2v) is 9.82. The van der Waals surface area contributed by atoms with Crippen molar-refractivity contribution in [2.75, 3.05) is 105 Å². The normalized spacial score (nSPS) is 19.5. The molecule has 1 aliphatic rings. The largest absolute Gasteiger partial charge is 0.480 e. The number of carbonyl (C=O) groups is 8. The minimum absolute atomic E-state index is 0.0444. The topological polar surface area (TPSA) is 279 Å². The smallest absolute Gasteiger partial charge is 0.317 e. The number of carbonyl (C=O) groups excluding carboxylic acids is 4. The van der Waals surface area contributed by atoms with Gasteiger partial charge in [-0.05, 0) is 0 Å². The van der Waals surface area contributed by atoms with Gasteiger partial charge in [0.05, 0.1) is 52.4 Å². The molecule has 1 aliphatic heterocycles. The standard InChI is InChI=1S/C24H40N8O12/c33-17-9-29(13-21(37)38)5-6-31(15-23(41)42)11-19(35)27-3-4-28-20(36)12-32(16-24(43)44)8-7-30(14-22(39)40)10-18(34)26-2-1-25-17/h1-16H2,(H,25,33)(H,26,34)(H,27,35)(H,28,36)(H,37,38)(H,39,40)(H,41,42)(H,43,44). The van der Waals surface area contributed by atoms with E-state index in [2.05, 4.69) is 21.3 Å².